The molecule has 0 aliphatic carbocycles. The van der Waals surface area contributed by atoms with E-state index in [-0.39, 0.29) is 5.56 Å². The summed E-state index contributed by atoms with van der Waals surface area (Å²) in [7, 11) is 0. The summed E-state index contributed by atoms with van der Waals surface area (Å²) in [6.45, 7) is 0. The first-order valence-corrected chi connectivity index (χ1v) is 6.14. The van der Waals surface area contributed by atoms with Gasteiger partial charge in [-0.25, -0.2) is 4.39 Å². The Kier molecular flexibility index (Phi) is 3.82. The summed E-state index contributed by atoms with van der Waals surface area (Å²) in [5.74, 6) is -0.458. The highest BCUT2D eigenvalue weighted by atomic mass is 79.9. The van der Waals surface area contributed by atoms with Gasteiger partial charge in [0.25, 0.3) is 0 Å². The zero-order valence-corrected chi connectivity index (χ0v) is 11.0. The lowest BCUT2D eigenvalue weighted by atomic mass is 10.0. The molecule has 0 aromatic heterocycles. The fraction of sp³-hybridized carbons (Fsp3) is 0.0769. The van der Waals surface area contributed by atoms with Gasteiger partial charge in [-0.1, -0.05) is 35.9 Å². The third-order valence-corrected chi connectivity index (χ3v) is 3.29. The van der Waals surface area contributed by atoms with Crippen LogP contribution in [0.1, 0.15) is 17.2 Å². The molecule has 0 heterocycles. The summed E-state index contributed by atoms with van der Waals surface area (Å²) in [5, 5.41) is 10.6. The van der Waals surface area contributed by atoms with Gasteiger partial charge in [0.05, 0.1) is 4.47 Å². The van der Waals surface area contributed by atoms with E-state index in [1.807, 2.05) is 0 Å². The van der Waals surface area contributed by atoms with E-state index in [4.69, 9.17) is 11.6 Å². The number of halogens is 3. The van der Waals surface area contributed by atoms with E-state index in [0.29, 0.717) is 15.1 Å². The van der Waals surface area contributed by atoms with Gasteiger partial charge in [-0.2, -0.15) is 0 Å². The Morgan fingerprint density at radius 2 is 1.88 bits per heavy atom. The van der Waals surface area contributed by atoms with Crippen LogP contribution in [-0.2, 0) is 0 Å². The minimum Gasteiger partial charge on any atom is -0.384 e. The molecule has 0 radical (unpaired) electrons. The molecule has 2 aromatic carbocycles. The molecule has 1 nitrogen and oxygen atoms in total. The summed E-state index contributed by atoms with van der Waals surface area (Å²) < 4.78 is 14.1. The molecule has 0 saturated carbocycles. The van der Waals surface area contributed by atoms with E-state index in [2.05, 4.69) is 15.9 Å². The van der Waals surface area contributed by atoms with Crippen molar-refractivity contribution in [2.45, 2.75) is 6.10 Å². The molecule has 1 N–H and O–H groups in total. The highest BCUT2D eigenvalue weighted by Gasteiger charge is 2.16. The lowest BCUT2D eigenvalue weighted by molar-refractivity contribution is 0.215. The van der Waals surface area contributed by atoms with Gasteiger partial charge in [0.1, 0.15) is 11.9 Å². The molecular formula is C13H9BrClFO. The average molecular weight is 316 g/mol. The summed E-state index contributed by atoms with van der Waals surface area (Å²) >= 11 is 8.92. The van der Waals surface area contributed by atoms with Crippen molar-refractivity contribution in [3.63, 3.8) is 0 Å². The second kappa shape index (κ2) is 5.17. The number of rotatable bonds is 2. The molecule has 1 atom stereocenters. The standard InChI is InChI=1S/C13H9BrClFO/c14-11-6-2-5-10(12(11)16)13(17)8-3-1-4-9(15)7-8/h1-7,13,17H. The smallest absolute Gasteiger partial charge is 0.143 e. The second-order valence-corrected chi connectivity index (χ2v) is 4.89. The number of hydrogen-bond donors (Lipinski definition) is 1. The van der Waals surface area contributed by atoms with Crippen molar-refractivity contribution in [3.05, 3.63) is 68.9 Å². The summed E-state index contributed by atoms with van der Waals surface area (Å²) in [4.78, 5) is 0. The number of aliphatic hydroxyl groups is 1. The van der Waals surface area contributed by atoms with Crippen molar-refractivity contribution in [1.29, 1.82) is 0 Å². The lowest BCUT2D eigenvalue weighted by Crippen LogP contribution is -2.02. The van der Waals surface area contributed by atoms with Crippen LogP contribution in [0.5, 0.6) is 0 Å². The zero-order valence-electron chi connectivity index (χ0n) is 8.70. The van der Waals surface area contributed by atoms with Crippen LogP contribution in [0.2, 0.25) is 5.02 Å². The Hall–Kier alpha value is -0.900. The first-order valence-electron chi connectivity index (χ1n) is 4.97. The minimum absolute atomic E-state index is 0.224. The summed E-state index contributed by atoms with van der Waals surface area (Å²) in [5.41, 5.74) is 0.788. The Labute approximate surface area is 112 Å². The lowest BCUT2D eigenvalue weighted by Gasteiger charge is -2.13. The number of aliphatic hydroxyl groups excluding tert-OH is 1. The van der Waals surface area contributed by atoms with Crippen LogP contribution in [0.15, 0.2) is 46.9 Å². The fourth-order valence-corrected chi connectivity index (χ4v) is 2.17. The molecule has 0 bridgehead atoms. The third-order valence-electron chi connectivity index (χ3n) is 2.44. The number of benzene rings is 2. The molecular weight excluding hydrogens is 306 g/mol. The molecule has 0 aliphatic rings. The van der Waals surface area contributed by atoms with Crippen molar-refractivity contribution in [2.24, 2.45) is 0 Å². The van der Waals surface area contributed by atoms with Crippen LogP contribution < -0.4 is 0 Å². The van der Waals surface area contributed by atoms with Crippen molar-refractivity contribution >= 4 is 27.5 Å². The van der Waals surface area contributed by atoms with Crippen LogP contribution in [-0.4, -0.2) is 5.11 Å². The van der Waals surface area contributed by atoms with Gasteiger partial charge in [-0.15, -0.1) is 0 Å². The van der Waals surface area contributed by atoms with E-state index in [1.165, 1.54) is 0 Å². The molecule has 1 unspecified atom stereocenters. The minimum atomic E-state index is -1.02. The Balaban J connectivity index is 2.44. The van der Waals surface area contributed by atoms with Crippen LogP contribution in [0.25, 0.3) is 0 Å². The number of hydrogen-bond acceptors (Lipinski definition) is 1. The largest absolute Gasteiger partial charge is 0.384 e. The van der Waals surface area contributed by atoms with Crippen LogP contribution >= 0.6 is 27.5 Å². The van der Waals surface area contributed by atoms with Gasteiger partial charge in [-0.05, 0) is 39.7 Å². The molecule has 2 rings (SSSR count). The van der Waals surface area contributed by atoms with E-state index < -0.39 is 11.9 Å². The van der Waals surface area contributed by atoms with Crippen molar-refractivity contribution < 1.29 is 9.50 Å². The average Bonchev–Trinajstić information content (AvgIpc) is 2.32. The normalized spacial score (nSPS) is 12.5. The Bertz CT molecular complexity index is 545. The van der Waals surface area contributed by atoms with E-state index in [0.717, 1.165) is 0 Å². The molecule has 17 heavy (non-hydrogen) atoms. The van der Waals surface area contributed by atoms with Gasteiger partial charge in [0.2, 0.25) is 0 Å². The van der Waals surface area contributed by atoms with Crippen molar-refractivity contribution in [2.75, 3.05) is 0 Å². The van der Waals surface area contributed by atoms with Gasteiger partial charge in [0, 0.05) is 10.6 Å². The molecule has 4 heteroatoms. The highest BCUT2D eigenvalue weighted by molar-refractivity contribution is 9.10. The zero-order chi connectivity index (χ0) is 12.4. The molecule has 0 fully saturated rings. The summed E-state index contributed by atoms with van der Waals surface area (Å²) in [6, 6.07) is 11.6. The Morgan fingerprint density at radius 1 is 1.18 bits per heavy atom. The van der Waals surface area contributed by atoms with Gasteiger partial charge >= 0.3 is 0 Å². The van der Waals surface area contributed by atoms with Crippen LogP contribution in [0.4, 0.5) is 4.39 Å². The van der Waals surface area contributed by atoms with Gasteiger partial charge in [0.15, 0.2) is 0 Å². The predicted molar refractivity (Wildman–Crippen MR) is 69.6 cm³/mol. The summed E-state index contributed by atoms with van der Waals surface area (Å²) in [6.07, 6.45) is -1.02. The fourth-order valence-electron chi connectivity index (χ4n) is 1.59. The molecule has 0 spiro atoms. The first-order chi connectivity index (χ1) is 8.09. The maximum Gasteiger partial charge on any atom is 0.143 e. The maximum absolute atomic E-state index is 13.8. The van der Waals surface area contributed by atoms with Crippen molar-refractivity contribution in [3.8, 4) is 0 Å². The molecule has 0 saturated heterocycles. The topological polar surface area (TPSA) is 20.2 Å². The van der Waals surface area contributed by atoms with Crippen molar-refractivity contribution in [1.82, 2.24) is 0 Å². The Morgan fingerprint density at radius 3 is 2.59 bits per heavy atom. The maximum atomic E-state index is 13.8. The quantitative estimate of drug-likeness (QED) is 0.875. The highest BCUT2D eigenvalue weighted by Crippen LogP contribution is 2.29. The molecule has 2 aromatic rings. The second-order valence-electron chi connectivity index (χ2n) is 3.60. The predicted octanol–water partition coefficient (Wildman–Crippen LogP) is 4.32. The first kappa shape index (κ1) is 12.6. The molecule has 88 valence electrons. The van der Waals surface area contributed by atoms with E-state index in [9.17, 15) is 9.50 Å². The van der Waals surface area contributed by atoms with E-state index >= 15 is 0 Å². The van der Waals surface area contributed by atoms with E-state index in [1.54, 1.807) is 42.5 Å². The van der Waals surface area contributed by atoms with Crippen LogP contribution in [0, 0.1) is 5.82 Å². The van der Waals surface area contributed by atoms with Gasteiger partial charge in [-0.3, -0.25) is 0 Å². The molecule has 0 aliphatic heterocycles. The monoisotopic (exact) mass is 314 g/mol. The van der Waals surface area contributed by atoms with Crippen LogP contribution in [0.3, 0.4) is 0 Å². The SMILES string of the molecule is OC(c1cccc(Cl)c1)c1cccc(Br)c1F. The van der Waals surface area contributed by atoms with Gasteiger partial charge < -0.3 is 5.11 Å². The molecule has 0 amide bonds. The third kappa shape index (κ3) is 2.68.